The number of para-hydroxylation sites is 2. The van der Waals surface area contributed by atoms with E-state index in [1.165, 1.54) is 0 Å². The Kier molecular flexibility index (Phi) is 9.75. The second-order valence-electron chi connectivity index (χ2n) is 9.19. The minimum Gasteiger partial charge on any atom is -0.494 e. The summed E-state index contributed by atoms with van der Waals surface area (Å²) in [7, 11) is 0. The van der Waals surface area contributed by atoms with Crippen LogP contribution in [0.3, 0.4) is 0 Å². The topological polar surface area (TPSA) is 108 Å². The number of hydrogen-bond donors (Lipinski definition) is 2. The molecule has 2 aromatic carbocycles. The lowest BCUT2D eigenvalue weighted by atomic mass is 9.98. The molecule has 202 valence electrons. The van der Waals surface area contributed by atoms with Crippen molar-refractivity contribution in [2.24, 2.45) is 5.92 Å². The molecule has 0 saturated carbocycles. The number of carbonyl (C=O) groups excluding carboxylic acids is 3. The number of nitrogens with one attached hydrogen (secondary N) is 2. The number of esters is 1. The van der Waals surface area contributed by atoms with Gasteiger partial charge >= 0.3 is 5.97 Å². The molecule has 3 aromatic rings. The molecule has 9 heteroatoms. The highest BCUT2D eigenvalue weighted by molar-refractivity contribution is 5.91. The van der Waals surface area contributed by atoms with Crippen LogP contribution in [0.15, 0.2) is 60.8 Å². The molecule has 4 rings (SSSR count). The van der Waals surface area contributed by atoms with Crippen LogP contribution in [0.25, 0.3) is 10.9 Å². The fraction of sp³-hybridized carbons (Fsp3) is 0.414. The lowest BCUT2D eigenvalue weighted by molar-refractivity contribution is -0.146. The number of aromatic nitrogens is 1. The van der Waals surface area contributed by atoms with E-state index >= 15 is 0 Å². The summed E-state index contributed by atoms with van der Waals surface area (Å²) in [6.07, 6.45) is 2.53. The third kappa shape index (κ3) is 7.35. The monoisotopic (exact) mass is 521 g/mol. The lowest BCUT2D eigenvalue weighted by Gasteiger charge is -2.22. The second kappa shape index (κ2) is 13.6. The van der Waals surface area contributed by atoms with Gasteiger partial charge in [0.15, 0.2) is 0 Å². The second-order valence-corrected chi connectivity index (χ2v) is 9.19. The standard InChI is InChI=1S/C29H35N3O6/c1-2-37-27(33)19-21(12-15-38-23-8-4-3-5-9-23)28(34)31-25-18-22-20-32(26-11-7-6-10-24(22)26)14-17-36-16-13-30-29(25)35/h3-11,20-21,25H,2,12-19H2,1H3,(H,30,35)(H,31,34)/t21-,25+/m1/s1. The minimum atomic E-state index is -0.819. The Labute approximate surface area is 222 Å². The molecule has 0 radical (unpaired) electrons. The molecule has 0 unspecified atom stereocenters. The Morgan fingerprint density at radius 3 is 2.74 bits per heavy atom. The molecule has 2 bridgehead atoms. The van der Waals surface area contributed by atoms with E-state index in [9.17, 15) is 14.4 Å². The van der Waals surface area contributed by atoms with Gasteiger partial charge in [0.05, 0.1) is 38.8 Å². The van der Waals surface area contributed by atoms with E-state index in [4.69, 9.17) is 14.2 Å². The van der Waals surface area contributed by atoms with Crippen molar-refractivity contribution in [1.82, 2.24) is 15.2 Å². The summed E-state index contributed by atoms with van der Waals surface area (Å²) in [5.41, 5.74) is 2.00. The van der Waals surface area contributed by atoms with Crippen LogP contribution in [-0.4, -0.2) is 61.4 Å². The fourth-order valence-electron chi connectivity index (χ4n) is 4.61. The highest BCUT2D eigenvalue weighted by Gasteiger charge is 2.29. The van der Waals surface area contributed by atoms with Gasteiger partial charge in [-0.25, -0.2) is 0 Å². The molecular weight excluding hydrogens is 486 g/mol. The Morgan fingerprint density at radius 2 is 1.92 bits per heavy atom. The molecule has 1 aromatic heterocycles. The molecule has 2 N–H and O–H groups in total. The van der Waals surface area contributed by atoms with E-state index in [0.717, 1.165) is 16.5 Å². The maximum absolute atomic E-state index is 13.5. The SMILES string of the molecule is CCOC(=O)C[C@@H](CCOc1ccccc1)C(=O)N[C@H]1Cc2cn(c3ccccc23)CCOCCNC1=O. The van der Waals surface area contributed by atoms with Gasteiger partial charge in [-0.1, -0.05) is 36.4 Å². The average molecular weight is 522 g/mol. The zero-order chi connectivity index (χ0) is 26.7. The van der Waals surface area contributed by atoms with Crippen molar-refractivity contribution in [2.45, 2.75) is 38.8 Å². The summed E-state index contributed by atoms with van der Waals surface area (Å²) >= 11 is 0. The first-order chi connectivity index (χ1) is 18.5. The van der Waals surface area contributed by atoms with Gasteiger partial charge in [-0.15, -0.1) is 0 Å². The fourth-order valence-corrected chi connectivity index (χ4v) is 4.61. The summed E-state index contributed by atoms with van der Waals surface area (Å²) in [4.78, 5) is 38.9. The molecule has 1 aliphatic heterocycles. The smallest absolute Gasteiger partial charge is 0.306 e. The quantitative estimate of drug-likeness (QED) is 0.420. The van der Waals surface area contributed by atoms with Gasteiger partial charge in [-0.3, -0.25) is 14.4 Å². The predicted octanol–water partition coefficient (Wildman–Crippen LogP) is 2.85. The Morgan fingerprint density at radius 1 is 1.13 bits per heavy atom. The molecule has 2 heterocycles. The molecule has 9 nitrogen and oxygen atoms in total. The van der Waals surface area contributed by atoms with Crippen molar-refractivity contribution in [3.8, 4) is 5.75 Å². The first-order valence-electron chi connectivity index (χ1n) is 13.1. The maximum atomic E-state index is 13.5. The Balaban J connectivity index is 1.52. The van der Waals surface area contributed by atoms with Gasteiger partial charge in [0.25, 0.3) is 0 Å². The number of carbonyl (C=O) groups is 3. The Hall–Kier alpha value is -3.85. The number of fused-ring (bicyclic) bond motifs is 5. The van der Waals surface area contributed by atoms with Crippen LogP contribution in [0, 0.1) is 5.92 Å². The van der Waals surface area contributed by atoms with Crippen LogP contribution in [0.2, 0.25) is 0 Å². The first-order valence-corrected chi connectivity index (χ1v) is 13.1. The first kappa shape index (κ1) is 27.2. The molecular formula is C29H35N3O6. The van der Waals surface area contributed by atoms with Crippen molar-refractivity contribution in [1.29, 1.82) is 0 Å². The van der Waals surface area contributed by atoms with Crippen LogP contribution in [0.4, 0.5) is 0 Å². The molecule has 0 fully saturated rings. The summed E-state index contributed by atoms with van der Waals surface area (Å²) in [5, 5.41) is 6.81. The number of rotatable bonds is 9. The lowest BCUT2D eigenvalue weighted by Crippen LogP contribution is -2.50. The maximum Gasteiger partial charge on any atom is 0.306 e. The van der Waals surface area contributed by atoms with Gasteiger partial charge in [-0.2, -0.15) is 0 Å². The van der Waals surface area contributed by atoms with Crippen molar-refractivity contribution in [3.05, 3.63) is 66.4 Å². The van der Waals surface area contributed by atoms with Gasteiger partial charge < -0.3 is 29.4 Å². The molecule has 38 heavy (non-hydrogen) atoms. The number of hydrogen-bond acceptors (Lipinski definition) is 6. The van der Waals surface area contributed by atoms with Crippen molar-refractivity contribution in [3.63, 3.8) is 0 Å². The van der Waals surface area contributed by atoms with Gasteiger partial charge in [0, 0.05) is 36.6 Å². The van der Waals surface area contributed by atoms with Gasteiger partial charge in [0.2, 0.25) is 11.8 Å². The number of ether oxygens (including phenoxy) is 3. The van der Waals surface area contributed by atoms with Crippen LogP contribution < -0.4 is 15.4 Å². The van der Waals surface area contributed by atoms with Crippen molar-refractivity contribution < 1.29 is 28.6 Å². The number of nitrogens with zero attached hydrogens (tertiary/aromatic N) is 1. The van der Waals surface area contributed by atoms with E-state index < -0.39 is 17.9 Å². The van der Waals surface area contributed by atoms with E-state index in [2.05, 4.69) is 15.2 Å². The van der Waals surface area contributed by atoms with Crippen LogP contribution in [0.5, 0.6) is 5.75 Å². The normalized spacial score (nSPS) is 17.0. The van der Waals surface area contributed by atoms with Crippen molar-refractivity contribution >= 4 is 28.7 Å². The van der Waals surface area contributed by atoms with E-state index in [0.29, 0.717) is 44.9 Å². The van der Waals surface area contributed by atoms with E-state index in [-0.39, 0.29) is 31.4 Å². The molecule has 1 aliphatic rings. The minimum absolute atomic E-state index is 0.0979. The highest BCUT2D eigenvalue weighted by Crippen LogP contribution is 2.23. The molecule has 2 atom stereocenters. The third-order valence-electron chi connectivity index (χ3n) is 6.52. The van der Waals surface area contributed by atoms with Crippen LogP contribution in [-0.2, 0) is 36.8 Å². The summed E-state index contributed by atoms with van der Waals surface area (Å²) < 4.78 is 18.7. The number of benzene rings is 2. The Bertz CT molecular complexity index is 1230. The largest absolute Gasteiger partial charge is 0.494 e. The zero-order valence-electron chi connectivity index (χ0n) is 21.7. The van der Waals surface area contributed by atoms with Gasteiger partial charge in [-0.05, 0) is 37.1 Å². The van der Waals surface area contributed by atoms with Crippen LogP contribution in [0.1, 0.15) is 25.3 Å². The average Bonchev–Trinajstić information content (AvgIpc) is 3.27. The highest BCUT2D eigenvalue weighted by atomic mass is 16.5. The molecule has 0 saturated heterocycles. The van der Waals surface area contributed by atoms with E-state index in [1.54, 1.807) is 6.92 Å². The summed E-state index contributed by atoms with van der Waals surface area (Å²) in [6, 6.07) is 16.4. The van der Waals surface area contributed by atoms with Crippen LogP contribution >= 0.6 is 0 Å². The van der Waals surface area contributed by atoms with Crippen molar-refractivity contribution in [2.75, 3.05) is 33.0 Å². The van der Waals surface area contributed by atoms with E-state index in [1.807, 2.05) is 60.8 Å². The number of amides is 2. The summed E-state index contributed by atoms with van der Waals surface area (Å²) in [5.74, 6) is -1.18. The predicted molar refractivity (Wildman–Crippen MR) is 143 cm³/mol. The molecule has 2 amide bonds. The van der Waals surface area contributed by atoms with Gasteiger partial charge in [0.1, 0.15) is 11.8 Å². The molecule has 0 spiro atoms. The third-order valence-corrected chi connectivity index (χ3v) is 6.52. The summed E-state index contributed by atoms with van der Waals surface area (Å²) in [6.45, 7) is 4.13. The molecule has 0 aliphatic carbocycles. The zero-order valence-corrected chi connectivity index (χ0v) is 21.7.